The van der Waals surface area contributed by atoms with E-state index < -0.39 is 93.2 Å². The molecule has 0 unspecified atom stereocenters. The molecule has 4 N–H and O–H groups in total. The molecule has 0 bridgehead atoms. The number of carboxylic acid groups (broad SMARTS) is 1. The highest BCUT2D eigenvalue weighted by Crippen LogP contribution is 2.37. The smallest absolute Gasteiger partial charge is 0.470 e. The van der Waals surface area contributed by atoms with Gasteiger partial charge in [0.1, 0.15) is 12.2 Å². The predicted octanol–water partition coefficient (Wildman–Crippen LogP) is 3.00. The van der Waals surface area contributed by atoms with E-state index in [1.165, 1.54) is 0 Å². The molecule has 0 saturated heterocycles. The van der Waals surface area contributed by atoms with Gasteiger partial charge in [0.2, 0.25) is 11.7 Å². The number of rotatable bonds is 10. The van der Waals surface area contributed by atoms with Crippen LogP contribution in [0.4, 0.5) is 46.1 Å². The lowest BCUT2D eigenvalue weighted by Gasteiger charge is -2.30. The lowest BCUT2D eigenvalue weighted by molar-refractivity contribution is -0.384. The first-order valence-electron chi connectivity index (χ1n) is 10.6. The molecule has 0 aliphatic heterocycles. The van der Waals surface area contributed by atoms with E-state index in [1.807, 2.05) is 0 Å². The predicted molar refractivity (Wildman–Crippen MR) is 115 cm³/mol. The van der Waals surface area contributed by atoms with Crippen LogP contribution in [0.5, 0.6) is 5.88 Å². The number of carboxylic acids is 1. The maximum absolute atomic E-state index is 12.8. The fourth-order valence-corrected chi connectivity index (χ4v) is 3.33. The minimum Gasteiger partial charge on any atom is -0.476 e. The lowest BCUT2D eigenvalue weighted by Crippen LogP contribution is -2.40. The summed E-state index contributed by atoms with van der Waals surface area (Å²) < 4.78 is 124. The molecule has 13 nitrogen and oxygen atoms in total. The molecule has 1 aliphatic rings. The van der Waals surface area contributed by atoms with Crippen molar-refractivity contribution in [2.24, 2.45) is 5.92 Å². The second-order valence-electron chi connectivity index (χ2n) is 7.81. The zero-order valence-electron chi connectivity index (χ0n) is 19.7. The normalized spacial score (nSPS) is 17.9. The lowest BCUT2D eigenvalue weighted by atomic mass is 9.85. The van der Waals surface area contributed by atoms with Gasteiger partial charge in [-0.05, 0) is 25.7 Å². The number of anilines is 1. The number of pyridine rings is 1. The van der Waals surface area contributed by atoms with Gasteiger partial charge in [0.15, 0.2) is 0 Å². The Morgan fingerprint density at radius 3 is 2.12 bits per heavy atom. The number of aliphatic carboxylic acids is 1. The average Bonchev–Trinajstić information content (AvgIpc) is 2.80. The van der Waals surface area contributed by atoms with Gasteiger partial charge in [0.25, 0.3) is 5.91 Å². The van der Waals surface area contributed by atoms with Crippen molar-refractivity contribution in [2.45, 2.75) is 49.8 Å². The molecular formula is C18H20F8N4O9S. The molecule has 0 aromatic carbocycles. The number of alkyl halides is 7. The number of nitrogens with two attached hydrogens (primary N) is 1. The number of nitrogens with one attached hydrogen (secondary N) is 1. The molecule has 1 aliphatic carbocycles. The number of nitrogen functional groups attached to an aromatic ring is 1. The summed E-state index contributed by atoms with van der Waals surface area (Å²) in [5.41, 5.74) is 4.38. The van der Waals surface area contributed by atoms with Crippen LogP contribution in [-0.4, -0.2) is 72.6 Å². The summed E-state index contributed by atoms with van der Waals surface area (Å²) in [4.78, 5) is 35.7. The summed E-state index contributed by atoms with van der Waals surface area (Å²) in [5.74, 6) is -6.36. The number of ether oxygens (including phenoxy) is 2. The monoisotopic (exact) mass is 620 g/mol. The SMILES string of the molecule is Nc1nc(OCCOC(F)F)c(C(=O)NC2CCC(C(F)(F)F)CC2)cc1[N+](=O)[O-].O=C(O)C(F)(F)S(=O)(=O)F. The third-order valence-electron chi connectivity index (χ3n) is 5.08. The van der Waals surface area contributed by atoms with E-state index in [-0.39, 0.29) is 25.7 Å². The minimum absolute atomic E-state index is 0.0683. The van der Waals surface area contributed by atoms with Crippen LogP contribution in [0.3, 0.4) is 0 Å². The molecule has 228 valence electrons. The molecule has 1 aromatic rings. The van der Waals surface area contributed by atoms with Crippen molar-refractivity contribution in [1.29, 1.82) is 0 Å². The van der Waals surface area contributed by atoms with E-state index in [0.29, 0.717) is 0 Å². The molecular weight excluding hydrogens is 600 g/mol. The molecule has 22 heteroatoms. The van der Waals surface area contributed by atoms with Crippen LogP contribution in [0.1, 0.15) is 36.0 Å². The first kappa shape index (κ1) is 34.5. The van der Waals surface area contributed by atoms with Crippen LogP contribution < -0.4 is 15.8 Å². The van der Waals surface area contributed by atoms with Crippen LogP contribution in [0, 0.1) is 16.0 Å². The molecule has 0 spiro atoms. The van der Waals surface area contributed by atoms with E-state index in [2.05, 4.69) is 15.0 Å². The highest BCUT2D eigenvalue weighted by molar-refractivity contribution is 7.88. The van der Waals surface area contributed by atoms with Gasteiger partial charge in [-0.3, -0.25) is 14.9 Å². The van der Waals surface area contributed by atoms with Gasteiger partial charge in [-0.2, -0.15) is 44.1 Å². The summed E-state index contributed by atoms with van der Waals surface area (Å²) in [5, 5.41) is 15.6. The maximum atomic E-state index is 12.8. The third kappa shape index (κ3) is 9.88. The van der Waals surface area contributed by atoms with E-state index in [9.17, 15) is 62.7 Å². The fourth-order valence-electron chi connectivity index (χ4n) is 3.13. The Bertz CT molecular complexity index is 1180. The summed E-state index contributed by atoms with van der Waals surface area (Å²) in [6, 6.07) is 0.227. The standard InChI is InChI=1S/C16H19F5N4O5.C2HF3O4S/c17-15(18)30-6-5-29-14-10(7-11(25(27)28)12(22)24-14)13(26)23-9-3-1-8(2-4-9)16(19,20)21;3-2(4,1(6)7)10(5,8)9/h7-9,15H,1-6H2,(H2,22,24)(H,23,26);(H,6,7). The number of amides is 1. The summed E-state index contributed by atoms with van der Waals surface area (Å²) >= 11 is 0. The number of carbonyl (C=O) groups excluding carboxylic acids is 1. The minimum atomic E-state index is -6.33. The van der Waals surface area contributed by atoms with Crippen molar-refractivity contribution in [3.63, 3.8) is 0 Å². The molecule has 1 saturated carbocycles. The van der Waals surface area contributed by atoms with Crippen molar-refractivity contribution in [2.75, 3.05) is 18.9 Å². The molecule has 0 radical (unpaired) electrons. The quantitative estimate of drug-likeness (QED) is 0.114. The Kier molecular flexibility index (Phi) is 11.8. The number of nitro groups is 1. The van der Waals surface area contributed by atoms with Gasteiger partial charge in [-0.25, -0.2) is 4.79 Å². The van der Waals surface area contributed by atoms with Crippen LogP contribution in [-0.2, 0) is 19.8 Å². The second-order valence-corrected chi connectivity index (χ2v) is 9.19. The van der Waals surface area contributed by atoms with Gasteiger partial charge in [0.05, 0.1) is 17.4 Å². The van der Waals surface area contributed by atoms with Gasteiger partial charge in [-0.15, -0.1) is 0 Å². The highest BCUT2D eigenvalue weighted by Gasteiger charge is 2.54. The molecule has 0 atom stereocenters. The Hall–Kier alpha value is -3.56. The first-order chi connectivity index (χ1) is 18.2. The fraction of sp³-hybridized carbons (Fsp3) is 0.611. The van der Waals surface area contributed by atoms with Crippen LogP contribution in [0.25, 0.3) is 0 Å². The summed E-state index contributed by atoms with van der Waals surface area (Å²) in [6.45, 7) is -4.05. The highest BCUT2D eigenvalue weighted by atomic mass is 32.3. The van der Waals surface area contributed by atoms with Crippen molar-refractivity contribution < 1.29 is 72.1 Å². The maximum Gasteiger partial charge on any atom is 0.470 e. The number of hydrogen-bond acceptors (Lipinski definition) is 10. The molecule has 1 amide bonds. The van der Waals surface area contributed by atoms with Gasteiger partial charge < -0.3 is 25.6 Å². The van der Waals surface area contributed by atoms with E-state index in [0.717, 1.165) is 6.07 Å². The molecule has 1 fully saturated rings. The van der Waals surface area contributed by atoms with Crippen molar-refractivity contribution in [1.82, 2.24) is 10.3 Å². The number of carbonyl (C=O) groups is 2. The van der Waals surface area contributed by atoms with E-state index in [1.54, 1.807) is 0 Å². The Labute approximate surface area is 219 Å². The topological polar surface area (TPSA) is 201 Å². The molecule has 40 heavy (non-hydrogen) atoms. The Morgan fingerprint density at radius 2 is 1.73 bits per heavy atom. The average molecular weight is 620 g/mol. The summed E-state index contributed by atoms with van der Waals surface area (Å²) in [7, 11) is -6.33. The van der Waals surface area contributed by atoms with Gasteiger partial charge >= 0.3 is 39.9 Å². The van der Waals surface area contributed by atoms with E-state index in [4.69, 9.17) is 15.6 Å². The number of halogens is 8. The van der Waals surface area contributed by atoms with Crippen molar-refractivity contribution in [3.05, 3.63) is 21.7 Å². The molecule has 1 aromatic heterocycles. The zero-order valence-corrected chi connectivity index (χ0v) is 20.5. The van der Waals surface area contributed by atoms with Crippen LogP contribution in [0.15, 0.2) is 6.07 Å². The Balaban J connectivity index is 0.000000680. The summed E-state index contributed by atoms with van der Waals surface area (Å²) in [6.07, 6.45) is -4.50. The Morgan fingerprint density at radius 1 is 1.18 bits per heavy atom. The number of aromatic nitrogens is 1. The van der Waals surface area contributed by atoms with Crippen LogP contribution in [0.2, 0.25) is 0 Å². The first-order valence-corrected chi connectivity index (χ1v) is 12.0. The zero-order chi connectivity index (χ0) is 31.1. The second kappa shape index (κ2) is 13.7. The molecule has 1 heterocycles. The molecule has 2 rings (SSSR count). The number of hydrogen-bond donors (Lipinski definition) is 3. The van der Waals surface area contributed by atoms with E-state index >= 15 is 0 Å². The van der Waals surface area contributed by atoms with Gasteiger partial charge in [0, 0.05) is 12.1 Å². The third-order valence-corrected chi connectivity index (χ3v) is 5.87. The van der Waals surface area contributed by atoms with Gasteiger partial charge in [-0.1, -0.05) is 3.89 Å². The largest absolute Gasteiger partial charge is 0.476 e. The van der Waals surface area contributed by atoms with Crippen molar-refractivity contribution in [3.8, 4) is 5.88 Å². The number of nitrogens with zero attached hydrogens (tertiary/aromatic N) is 2. The van der Waals surface area contributed by atoms with Crippen LogP contribution >= 0.6 is 0 Å². The van der Waals surface area contributed by atoms with Crippen molar-refractivity contribution >= 4 is 33.6 Å².